The maximum absolute atomic E-state index is 9.96. The first-order valence-corrected chi connectivity index (χ1v) is 6.26. The third-order valence-electron chi connectivity index (χ3n) is 3.54. The number of anilines is 1. The lowest BCUT2D eigenvalue weighted by Gasteiger charge is -2.28. The van der Waals surface area contributed by atoms with E-state index < -0.39 is 6.10 Å². The summed E-state index contributed by atoms with van der Waals surface area (Å²) in [7, 11) is 1.65. The summed E-state index contributed by atoms with van der Waals surface area (Å²) < 4.78 is 5.36. The van der Waals surface area contributed by atoms with Gasteiger partial charge in [0.2, 0.25) is 0 Å². The van der Waals surface area contributed by atoms with E-state index in [1.165, 1.54) is 12.8 Å². The molecule has 0 radical (unpaired) electrons. The van der Waals surface area contributed by atoms with Crippen LogP contribution in [-0.4, -0.2) is 24.8 Å². The van der Waals surface area contributed by atoms with E-state index in [1.54, 1.807) is 14.0 Å². The number of aliphatic hydroxyl groups excluding tert-OH is 1. The minimum atomic E-state index is -0.506. The lowest BCUT2D eigenvalue weighted by atomic mass is 10.1. The van der Waals surface area contributed by atoms with Gasteiger partial charge in [-0.2, -0.15) is 0 Å². The van der Waals surface area contributed by atoms with Gasteiger partial charge in [0.15, 0.2) is 0 Å². The highest BCUT2D eigenvalue weighted by molar-refractivity contribution is 5.61. The summed E-state index contributed by atoms with van der Waals surface area (Å²) in [5.41, 5.74) is 2.02. The third-order valence-corrected chi connectivity index (χ3v) is 3.54. The second kappa shape index (κ2) is 4.96. The molecule has 1 saturated heterocycles. The zero-order valence-corrected chi connectivity index (χ0v) is 10.8. The Bertz CT molecular complexity index is 390. The fourth-order valence-corrected chi connectivity index (χ4v) is 2.67. The van der Waals surface area contributed by atoms with Crippen LogP contribution in [0.25, 0.3) is 0 Å². The van der Waals surface area contributed by atoms with E-state index in [9.17, 15) is 5.11 Å². The lowest BCUT2D eigenvalue weighted by molar-refractivity contribution is 0.194. The van der Waals surface area contributed by atoms with Gasteiger partial charge in [-0.3, -0.25) is 0 Å². The van der Waals surface area contributed by atoms with E-state index in [-0.39, 0.29) is 0 Å². The quantitative estimate of drug-likeness (QED) is 0.874. The number of rotatable bonds is 3. The van der Waals surface area contributed by atoms with Crippen LogP contribution < -0.4 is 9.64 Å². The fourth-order valence-electron chi connectivity index (χ4n) is 2.67. The summed E-state index contributed by atoms with van der Waals surface area (Å²) in [6, 6.07) is 6.52. The molecule has 0 amide bonds. The number of nitrogens with zero attached hydrogens (tertiary/aromatic N) is 1. The van der Waals surface area contributed by atoms with E-state index in [4.69, 9.17) is 4.74 Å². The Morgan fingerprint density at radius 2 is 2.24 bits per heavy atom. The summed E-state index contributed by atoms with van der Waals surface area (Å²) in [5.74, 6) is 0.775. The number of methoxy groups -OCH3 is 1. The van der Waals surface area contributed by atoms with Gasteiger partial charge in [-0.25, -0.2) is 0 Å². The van der Waals surface area contributed by atoms with E-state index in [0.717, 1.165) is 23.5 Å². The van der Waals surface area contributed by atoms with Crippen LogP contribution in [0.1, 0.15) is 38.4 Å². The van der Waals surface area contributed by atoms with Crippen molar-refractivity contribution in [2.45, 2.75) is 38.8 Å². The van der Waals surface area contributed by atoms with Gasteiger partial charge < -0.3 is 14.7 Å². The minimum Gasteiger partial charge on any atom is -0.496 e. The van der Waals surface area contributed by atoms with E-state index in [0.29, 0.717) is 6.04 Å². The lowest BCUT2D eigenvalue weighted by Crippen LogP contribution is -2.27. The standard InChI is InChI=1S/C14H21NO2/c1-10-6-5-9-15(10)12-7-4-8-13(17-3)14(12)11(2)16/h4,7-8,10-11,16H,5-6,9H2,1-3H3. The number of benzene rings is 1. The van der Waals surface area contributed by atoms with Crippen molar-refractivity contribution in [1.29, 1.82) is 0 Å². The maximum atomic E-state index is 9.96. The van der Waals surface area contributed by atoms with Crippen molar-refractivity contribution in [2.75, 3.05) is 18.6 Å². The highest BCUT2D eigenvalue weighted by Gasteiger charge is 2.25. The summed E-state index contributed by atoms with van der Waals surface area (Å²) in [4.78, 5) is 2.37. The molecule has 2 rings (SSSR count). The molecule has 1 aromatic rings. The molecule has 0 spiro atoms. The highest BCUT2D eigenvalue weighted by atomic mass is 16.5. The SMILES string of the molecule is COc1cccc(N2CCCC2C)c1C(C)O. The monoisotopic (exact) mass is 235 g/mol. The highest BCUT2D eigenvalue weighted by Crippen LogP contribution is 2.37. The van der Waals surface area contributed by atoms with E-state index in [1.807, 2.05) is 12.1 Å². The summed E-state index contributed by atoms with van der Waals surface area (Å²) in [5, 5.41) is 9.96. The third kappa shape index (κ3) is 2.25. The molecule has 1 aliphatic heterocycles. The Morgan fingerprint density at radius 1 is 1.47 bits per heavy atom. The largest absolute Gasteiger partial charge is 0.496 e. The Labute approximate surface area is 103 Å². The predicted octanol–water partition coefficient (Wildman–Crippen LogP) is 2.74. The first kappa shape index (κ1) is 12.2. The smallest absolute Gasteiger partial charge is 0.126 e. The molecular formula is C14H21NO2. The molecule has 0 aliphatic carbocycles. The van der Waals surface area contributed by atoms with Crippen LogP contribution in [-0.2, 0) is 0 Å². The number of hydrogen-bond donors (Lipinski definition) is 1. The zero-order chi connectivity index (χ0) is 12.4. The molecule has 17 heavy (non-hydrogen) atoms. The predicted molar refractivity (Wildman–Crippen MR) is 69.7 cm³/mol. The van der Waals surface area contributed by atoms with Crippen molar-refractivity contribution in [3.8, 4) is 5.75 Å². The summed E-state index contributed by atoms with van der Waals surface area (Å²) in [6.45, 7) is 5.09. The topological polar surface area (TPSA) is 32.7 Å². The molecule has 0 saturated carbocycles. The van der Waals surface area contributed by atoms with E-state index >= 15 is 0 Å². The number of hydrogen-bond acceptors (Lipinski definition) is 3. The van der Waals surface area contributed by atoms with Gasteiger partial charge in [0, 0.05) is 23.8 Å². The van der Waals surface area contributed by atoms with Gasteiger partial charge in [0.1, 0.15) is 5.75 Å². The van der Waals surface area contributed by atoms with Crippen LogP contribution in [0.5, 0.6) is 5.75 Å². The first-order chi connectivity index (χ1) is 8.15. The molecule has 1 fully saturated rings. The van der Waals surface area contributed by atoms with Crippen LogP contribution >= 0.6 is 0 Å². The second-order valence-corrected chi connectivity index (χ2v) is 4.75. The van der Waals surface area contributed by atoms with Crippen molar-refractivity contribution >= 4 is 5.69 Å². The van der Waals surface area contributed by atoms with Crippen molar-refractivity contribution in [1.82, 2.24) is 0 Å². The molecule has 3 heteroatoms. The second-order valence-electron chi connectivity index (χ2n) is 4.75. The summed E-state index contributed by atoms with van der Waals surface area (Å²) in [6.07, 6.45) is 1.93. The van der Waals surface area contributed by atoms with Crippen LogP contribution in [0.2, 0.25) is 0 Å². The number of aliphatic hydroxyl groups is 1. The average Bonchev–Trinajstić information content (AvgIpc) is 2.74. The van der Waals surface area contributed by atoms with Gasteiger partial charge >= 0.3 is 0 Å². The molecule has 0 bridgehead atoms. The van der Waals surface area contributed by atoms with Gasteiger partial charge in [-0.05, 0) is 38.8 Å². The Morgan fingerprint density at radius 3 is 2.76 bits per heavy atom. The average molecular weight is 235 g/mol. The molecule has 1 N–H and O–H groups in total. The van der Waals surface area contributed by atoms with Crippen molar-refractivity contribution in [3.63, 3.8) is 0 Å². The maximum Gasteiger partial charge on any atom is 0.126 e. The van der Waals surface area contributed by atoms with Crippen molar-refractivity contribution in [2.24, 2.45) is 0 Å². The van der Waals surface area contributed by atoms with Gasteiger partial charge in [0.05, 0.1) is 13.2 Å². The normalized spacial score (nSPS) is 21.6. The first-order valence-electron chi connectivity index (χ1n) is 6.26. The van der Waals surface area contributed by atoms with Crippen LogP contribution in [0.3, 0.4) is 0 Å². The molecular weight excluding hydrogens is 214 g/mol. The molecule has 3 nitrogen and oxygen atoms in total. The van der Waals surface area contributed by atoms with Gasteiger partial charge in [-0.1, -0.05) is 6.07 Å². The molecule has 1 heterocycles. The molecule has 1 aliphatic rings. The van der Waals surface area contributed by atoms with Crippen LogP contribution in [0.4, 0.5) is 5.69 Å². The molecule has 94 valence electrons. The van der Waals surface area contributed by atoms with Crippen molar-refractivity contribution < 1.29 is 9.84 Å². The molecule has 0 aromatic heterocycles. The Hall–Kier alpha value is -1.22. The fraction of sp³-hybridized carbons (Fsp3) is 0.571. The minimum absolute atomic E-state index is 0.506. The molecule has 1 aromatic carbocycles. The Balaban J connectivity index is 2.45. The van der Waals surface area contributed by atoms with E-state index in [2.05, 4.69) is 17.9 Å². The van der Waals surface area contributed by atoms with Crippen LogP contribution in [0.15, 0.2) is 18.2 Å². The van der Waals surface area contributed by atoms with Crippen LogP contribution in [0, 0.1) is 0 Å². The summed E-state index contributed by atoms with van der Waals surface area (Å²) >= 11 is 0. The molecule has 2 atom stereocenters. The van der Waals surface area contributed by atoms with Gasteiger partial charge in [-0.15, -0.1) is 0 Å². The van der Waals surface area contributed by atoms with Gasteiger partial charge in [0.25, 0.3) is 0 Å². The number of ether oxygens (including phenoxy) is 1. The Kier molecular flexibility index (Phi) is 3.57. The molecule has 2 unspecified atom stereocenters. The zero-order valence-electron chi connectivity index (χ0n) is 10.8. The van der Waals surface area contributed by atoms with Crippen molar-refractivity contribution in [3.05, 3.63) is 23.8 Å².